The van der Waals surface area contributed by atoms with E-state index in [0.717, 1.165) is 5.69 Å². The average Bonchev–Trinajstić information content (AvgIpc) is 3.37. The summed E-state index contributed by atoms with van der Waals surface area (Å²) in [6.07, 6.45) is 2.80. The highest BCUT2D eigenvalue weighted by molar-refractivity contribution is 5.69. The first-order valence-electron chi connectivity index (χ1n) is 11.9. The molecule has 4 heterocycles. The maximum Gasteiger partial charge on any atom is 0.304 e. The number of rotatable bonds is 7. The lowest BCUT2D eigenvalue weighted by atomic mass is 9.74. The average molecular weight is 515 g/mol. The first-order valence-corrected chi connectivity index (χ1v) is 11.9. The van der Waals surface area contributed by atoms with Gasteiger partial charge in [0.05, 0.1) is 41.8 Å². The lowest BCUT2D eigenvalue weighted by molar-refractivity contribution is -0.139. The van der Waals surface area contributed by atoms with E-state index in [0.29, 0.717) is 43.1 Å². The molecule has 12 heteroatoms. The lowest BCUT2D eigenvalue weighted by Gasteiger charge is -2.35. The third-order valence-corrected chi connectivity index (χ3v) is 6.55. The Morgan fingerprint density at radius 3 is 2.66 bits per heavy atom. The molecule has 0 unspecified atom stereocenters. The topological polar surface area (TPSA) is 166 Å². The molecule has 192 valence electrons. The number of pyridine rings is 1. The van der Waals surface area contributed by atoms with E-state index in [2.05, 4.69) is 20.3 Å². The van der Waals surface area contributed by atoms with Gasteiger partial charge >= 0.3 is 5.97 Å². The summed E-state index contributed by atoms with van der Waals surface area (Å²) in [6.45, 7) is 1.26. The Hall–Kier alpha value is -4.76. The number of aromatic nitrogens is 6. The van der Waals surface area contributed by atoms with Crippen molar-refractivity contribution in [3.63, 3.8) is 0 Å². The van der Waals surface area contributed by atoms with Crippen molar-refractivity contribution >= 4 is 11.9 Å². The second-order valence-corrected chi connectivity index (χ2v) is 9.05. The van der Waals surface area contributed by atoms with Crippen LogP contribution in [0.5, 0.6) is 0 Å². The minimum absolute atomic E-state index is 0.0182. The van der Waals surface area contributed by atoms with Crippen molar-refractivity contribution in [1.29, 1.82) is 5.26 Å². The fourth-order valence-corrected chi connectivity index (χ4v) is 4.65. The number of carboxylic acids is 1. The maximum absolute atomic E-state index is 14.7. The van der Waals surface area contributed by atoms with Crippen LogP contribution in [0.2, 0.25) is 0 Å². The second kappa shape index (κ2) is 10.3. The van der Waals surface area contributed by atoms with Crippen molar-refractivity contribution in [1.82, 2.24) is 29.9 Å². The molecule has 3 N–H and O–H groups in total. The minimum atomic E-state index is -0.872. The first kappa shape index (κ1) is 24.9. The molecule has 5 rings (SSSR count). The molecule has 0 atom stereocenters. The van der Waals surface area contributed by atoms with Gasteiger partial charge < -0.3 is 15.6 Å². The van der Waals surface area contributed by atoms with Gasteiger partial charge in [-0.2, -0.15) is 5.26 Å². The van der Waals surface area contributed by atoms with Gasteiger partial charge in [-0.25, -0.2) is 19.0 Å². The van der Waals surface area contributed by atoms with Crippen LogP contribution in [0, 0.1) is 17.1 Å². The highest BCUT2D eigenvalue weighted by Crippen LogP contribution is 2.37. The van der Waals surface area contributed by atoms with Crippen molar-refractivity contribution in [3.05, 3.63) is 71.4 Å². The lowest BCUT2D eigenvalue weighted by Crippen LogP contribution is -2.37. The zero-order chi connectivity index (χ0) is 26.7. The number of nitrogens with zero attached hydrogens (tertiary/aromatic N) is 7. The predicted molar refractivity (Wildman–Crippen MR) is 133 cm³/mol. The van der Waals surface area contributed by atoms with Crippen LogP contribution < -0.4 is 5.73 Å². The van der Waals surface area contributed by atoms with Crippen molar-refractivity contribution in [2.45, 2.75) is 31.2 Å². The van der Waals surface area contributed by atoms with E-state index in [4.69, 9.17) is 20.7 Å². The van der Waals surface area contributed by atoms with Crippen LogP contribution in [0.3, 0.4) is 0 Å². The fourth-order valence-electron chi connectivity index (χ4n) is 4.65. The summed E-state index contributed by atoms with van der Waals surface area (Å²) < 4.78 is 21.8. The number of halogens is 1. The zero-order valence-corrected chi connectivity index (χ0v) is 20.2. The summed E-state index contributed by atoms with van der Waals surface area (Å²) in [5.74, 6) is -1.65. The van der Waals surface area contributed by atoms with Gasteiger partial charge in [0.2, 0.25) is 5.95 Å². The van der Waals surface area contributed by atoms with Crippen LogP contribution in [0.15, 0.2) is 48.7 Å². The van der Waals surface area contributed by atoms with Gasteiger partial charge in [0.25, 0.3) is 0 Å². The summed E-state index contributed by atoms with van der Waals surface area (Å²) in [5, 5.41) is 27.0. The van der Waals surface area contributed by atoms with E-state index >= 15 is 0 Å². The molecule has 38 heavy (non-hydrogen) atoms. The van der Waals surface area contributed by atoms with Gasteiger partial charge in [-0.05, 0) is 43.2 Å². The van der Waals surface area contributed by atoms with Crippen LogP contribution in [-0.4, -0.2) is 54.2 Å². The van der Waals surface area contributed by atoms with Gasteiger partial charge in [0, 0.05) is 29.9 Å². The fraction of sp³-hybridized carbons (Fsp3) is 0.269. The SMILES string of the molecule is N#Cc1cccc(-c2cc(-c3cn(Cc4cccc(C5(CC(=O)O)CCOCC5)n4)nn3)nc(N)n2)c1F. The third kappa shape index (κ3) is 5.05. The standard InChI is InChI=1S/C26H23FN8O3/c27-24-16(13-28)3-1-5-18(24)19-11-20(32-25(29)31-19)21-15-35(34-33-21)14-17-4-2-6-22(30-17)26(12-23(36)37)7-9-38-10-8-26/h1-6,11,15H,7-10,12,14H2,(H,36,37)(H2,29,31,32). The number of aliphatic carboxylic acids is 1. The summed E-state index contributed by atoms with van der Waals surface area (Å²) in [7, 11) is 0. The summed E-state index contributed by atoms with van der Waals surface area (Å²) >= 11 is 0. The Morgan fingerprint density at radius 1 is 1.13 bits per heavy atom. The molecule has 0 aliphatic carbocycles. The van der Waals surface area contributed by atoms with Gasteiger partial charge in [0.15, 0.2) is 0 Å². The second-order valence-electron chi connectivity index (χ2n) is 9.05. The number of carbonyl (C=O) groups is 1. The number of ether oxygens (including phenoxy) is 1. The Labute approximate surface area is 216 Å². The molecule has 1 aliphatic heterocycles. The Morgan fingerprint density at radius 2 is 1.89 bits per heavy atom. The zero-order valence-electron chi connectivity index (χ0n) is 20.2. The van der Waals surface area contributed by atoms with Crippen LogP contribution in [-0.2, 0) is 21.5 Å². The molecule has 0 spiro atoms. The molecule has 3 aromatic heterocycles. The Kier molecular flexibility index (Phi) is 6.76. The summed E-state index contributed by atoms with van der Waals surface area (Å²) in [5.41, 5.74) is 7.68. The normalized spacial score (nSPS) is 14.6. The molecule has 1 aliphatic rings. The van der Waals surface area contributed by atoms with Crippen molar-refractivity contribution in [2.75, 3.05) is 18.9 Å². The molecule has 1 saturated heterocycles. The number of hydrogen-bond donors (Lipinski definition) is 2. The molecule has 0 radical (unpaired) electrons. The van der Waals surface area contributed by atoms with E-state index in [1.54, 1.807) is 16.9 Å². The van der Waals surface area contributed by atoms with Gasteiger partial charge in [-0.1, -0.05) is 17.3 Å². The van der Waals surface area contributed by atoms with E-state index in [-0.39, 0.29) is 35.7 Å². The molecule has 0 bridgehead atoms. The third-order valence-electron chi connectivity index (χ3n) is 6.55. The molecule has 0 saturated carbocycles. The van der Waals surface area contributed by atoms with E-state index in [9.17, 15) is 14.3 Å². The monoisotopic (exact) mass is 514 g/mol. The Bertz CT molecular complexity index is 1540. The highest BCUT2D eigenvalue weighted by Gasteiger charge is 2.38. The van der Waals surface area contributed by atoms with Gasteiger partial charge in [0.1, 0.15) is 17.6 Å². The molecule has 1 aromatic carbocycles. The molecule has 1 fully saturated rings. The number of carboxylic acid groups (broad SMARTS) is 1. The van der Waals surface area contributed by atoms with Crippen LogP contribution in [0.4, 0.5) is 10.3 Å². The summed E-state index contributed by atoms with van der Waals surface area (Å²) in [4.78, 5) is 24.7. The largest absolute Gasteiger partial charge is 0.481 e. The van der Waals surface area contributed by atoms with Crippen molar-refractivity contribution in [3.8, 4) is 28.7 Å². The van der Waals surface area contributed by atoms with Gasteiger partial charge in [-0.15, -0.1) is 5.10 Å². The Balaban J connectivity index is 1.41. The molecule has 4 aromatic rings. The number of nitrogens with two attached hydrogens (primary N) is 1. The summed E-state index contributed by atoms with van der Waals surface area (Å²) in [6, 6.07) is 13.3. The molecular formula is C26H23FN8O3. The van der Waals surface area contributed by atoms with Crippen molar-refractivity contribution in [2.24, 2.45) is 0 Å². The number of anilines is 1. The molecular weight excluding hydrogens is 491 g/mol. The number of nitrogen functional groups attached to an aromatic ring is 1. The van der Waals surface area contributed by atoms with Crippen LogP contribution in [0.1, 0.15) is 36.2 Å². The van der Waals surface area contributed by atoms with Crippen LogP contribution >= 0.6 is 0 Å². The quantitative estimate of drug-likeness (QED) is 0.374. The molecule has 11 nitrogen and oxygen atoms in total. The number of benzene rings is 1. The van der Waals surface area contributed by atoms with Gasteiger partial charge in [-0.3, -0.25) is 9.78 Å². The van der Waals surface area contributed by atoms with E-state index in [1.807, 2.05) is 24.3 Å². The number of nitriles is 1. The highest BCUT2D eigenvalue weighted by atomic mass is 19.1. The van der Waals surface area contributed by atoms with Crippen molar-refractivity contribution < 1.29 is 19.0 Å². The maximum atomic E-state index is 14.7. The molecule has 0 amide bonds. The smallest absolute Gasteiger partial charge is 0.304 e. The van der Waals surface area contributed by atoms with E-state index in [1.165, 1.54) is 18.2 Å². The predicted octanol–water partition coefficient (Wildman–Crippen LogP) is 2.96. The van der Waals surface area contributed by atoms with Crippen LogP contribution in [0.25, 0.3) is 22.6 Å². The van der Waals surface area contributed by atoms with E-state index < -0.39 is 17.2 Å². The minimum Gasteiger partial charge on any atom is -0.481 e. The first-order chi connectivity index (χ1) is 18.4. The number of hydrogen-bond acceptors (Lipinski definition) is 9.